The van der Waals surface area contributed by atoms with Crippen molar-refractivity contribution >= 4 is 10.0 Å². The molecule has 1 heterocycles. The maximum atomic E-state index is 14.3. The van der Waals surface area contributed by atoms with Crippen LogP contribution in [-0.4, -0.2) is 18.0 Å². The number of aromatic nitrogens is 2. The van der Waals surface area contributed by atoms with Crippen LogP contribution in [0.25, 0.3) is 5.69 Å². The normalized spacial score (nSPS) is 14.1. The van der Waals surface area contributed by atoms with Gasteiger partial charge in [-0.05, 0) is 66.6 Å². The van der Waals surface area contributed by atoms with Gasteiger partial charge in [0.05, 0.1) is 16.9 Å². The molecule has 0 bridgehead atoms. The van der Waals surface area contributed by atoms with Crippen LogP contribution in [-0.2, 0) is 29.4 Å². The van der Waals surface area contributed by atoms with Gasteiger partial charge in [0.15, 0.2) is 0 Å². The summed E-state index contributed by atoms with van der Waals surface area (Å²) in [5.41, 5.74) is 3.27. The Hall–Kier alpha value is -2.51. The molecule has 27 heavy (non-hydrogen) atoms. The van der Waals surface area contributed by atoms with Crippen LogP contribution in [0.15, 0.2) is 60.0 Å². The van der Waals surface area contributed by atoms with Crippen LogP contribution in [0, 0.1) is 5.82 Å². The lowest BCUT2D eigenvalue weighted by Gasteiger charge is -2.17. The van der Waals surface area contributed by atoms with Crippen molar-refractivity contribution in [1.29, 1.82) is 0 Å². The zero-order valence-electron chi connectivity index (χ0n) is 14.7. The topological polar surface area (TPSA) is 64.0 Å². The second-order valence-corrected chi connectivity index (χ2v) is 8.48. The van der Waals surface area contributed by atoms with Gasteiger partial charge in [0.1, 0.15) is 5.82 Å². The van der Waals surface area contributed by atoms with E-state index in [2.05, 4.69) is 9.71 Å². The van der Waals surface area contributed by atoms with Gasteiger partial charge in [0.25, 0.3) is 0 Å². The van der Waals surface area contributed by atoms with Gasteiger partial charge in [0.2, 0.25) is 10.0 Å². The summed E-state index contributed by atoms with van der Waals surface area (Å²) in [5.74, 6) is -0.432. The standard InChI is InChI=1S/C20H20FN3O2S/c21-19-11-15(5-8-20(19)24-10-9-22-14-24)13-23-27(25,26)18-7-6-16-3-1-2-4-17(16)12-18/h5-12,14,23H,1-4,13H2. The van der Waals surface area contributed by atoms with Gasteiger partial charge in [-0.3, -0.25) is 0 Å². The molecule has 3 aromatic rings. The summed E-state index contributed by atoms with van der Waals surface area (Å²) in [7, 11) is -3.65. The molecular formula is C20H20FN3O2S. The van der Waals surface area contributed by atoms with Crippen molar-refractivity contribution in [3.05, 3.63) is 77.6 Å². The van der Waals surface area contributed by atoms with E-state index >= 15 is 0 Å². The first kappa shape index (κ1) is 17.9. The van der Waals surface area contributed by atoms with Crippen molar-refractivity contribution in [1.82, 2.24) is 14.3 Å². The minimum Gasteiger partial charge on any atom is -0.303 e. The molecular weight excluding hydrogens is 365 g/mol. The average Bonchev–Trinajstić information content (AvgIpc) is 3.20. The molecule has 0 spiro atoms. The van der Waals surface area contributed by atoms with Crippen LogP contribution in [0.1, 0.15) is 29.5 Å². The fourth-order valence-corrected chi connectivity index (χ4v) is 4.48. The lowest BCUT2D eigenvalue weighted by molar-refractivity contribution is 0.579. The van der Waals surface area contributed by atoms with Gasteiger partial charge in [-0.25, -0.2) is 22.5 Å². The Balaban J connectivity index is 1.50. The molecule has 5 nitrogen and oxygen atoms in total. The molecule has 0 amide bonds. The minimum absolute atomic E-state index is 0.0283. The maximum Gasteiger partial charge on any atom is 0.240 e. The Bertz CT molecular complexity index is 1060. The van der Waals surface area contributed by atoms with Gasteiger partial charge >= 0.3 is 0 Å². The molecule has 0 saturated carbocycles. The Labute approximate surface area is 157 Å². The Morgan fingerprint density at radius 2 is 1.89 bits per heavy atom. The number of nitrogens with one attached hydrogen (secondary N) is 1. The zero-order chi connectivity index (χ0) is 18.9. The van der Waals surface area contributed by atoms with Crippen LogP contribution >= 0.6 is 0 Å². The highest BCUT2D eigenvalue weighted by molar-refractivity contribution is 7.89. The summed E-state index contributed by atoms with van der Waals surface area (Å²) >= 11 is 0. The molecule has 0 atom stereocenters. The summed E-state index contributed by atoms with van der Waals surface area (Å²) in [6, 6.07) is 9.97. The number of aryl methyl sites for hydroxylation is 2. The smallest absolute Gasteiger partial charge is 0.240 e. The fourth-order valence-electron chi connectivity index (χ4n) is 3.41. The van der Waals surface area contributed by atoms with E-state index in [9.17, 15) is 12.8 Å². The van der Waals surface area contributed by atoms with Crippen LogP contribution in [0.2, 0.25) is 0 Å². The molecule has 0 fully saturated rings. The molecule has 0 saturated heterocycles. The third-order valence-electron chi connectivity index (χ3n) is 4.89. The second-order valence-electron chi connectivity index (χ2n) is 6.72. The van der Waals surface area contributed by atoms with Gasteiger partial charge in [0, 0.05) is 18.9 Å². The van der Waals surface area contributed by atoms with Crippen LogP contribution in [0.5, 0.6) is 0 Å². The highest BCUT2D eigenvalue weighted by Gasteiger charge is 2.18. The van der Waals surface area contributed by atoms with E-state index in [1.54, 1.807) is 41.2 Å². The average molecular weight is 385 g/mol. The van der Waals surface area contributed by atoms with Crippen molar-refractivity contribution in [2.75, 3.05) is 0 Å². The van der Waals surface area contributed by atoms with Crippen molar-refractivity contribution in [3.63, 3.8) is 0 Å². The third-order valence-corrected chi connectivity index (χ3v) is 6.29. The number of hydrogen-bond acceptors (Lipinski definition) is 3. The summed E-state index contributed by atoms with van der Waals surface area (Å²) in [4.78, 5) is 4.16. The number of nitrogens with zero attached hydrogens (tertiary/aromatic N) is 2. The lowest BCUT2D eigenvalue weighted by Crippen LogP contribution is -2.23. The number of halogens is 1. The van der Waals surface area contributed by atoms with E-state index in [1.807, 2.05) is 6.07 Å². The molecule has 1 aromatic heterocycles. The minimum atomic E-state index is -3.65. The van der Waals surface area contributed by atoms with Crippen molar-refractivity contribution < 1.29 is 12.8 Å². The van der Waals surface area contributed by atoms with E-state index in [1.165, 1.54) is 18.0 Å². The van der Waals surface area contributed by atoms with Crippen LogP contribution < -0.4 is 4.72 Å². The van der Waals surface area contributed by atoms with Crippen molar-refractivity contribution in [3.8, 4) is 5.69 Å². The molecule has 1 aliphatic rings. The number of rotatable bonds is 5. The first-order chi connectivity index (χ1) is 13.0. The molecule has 7 heteroatoms. The summed E-state index contributed by atoms with van der Waals surface area (Å²) in [5, 5.41) is 0. The van der Waals surface area contributed by atoms with Gasteiger partial charge in [-0.2, -0.15) is 0 Å². The summed E-state index contributed by atoms with van der Waals surface area (Å²) in [6.07, 6.45) is 8.89. The summed E-state index contributed by atoms with van der Waals surface area (Å²) < 4.78 is 43.7. The predicted octanol–water partition coefficient (Wildman–Crippen LogP) is 3.37. The number of imidazole rings is 1. The number of benzene rings is 2. The first-order valence-electron chi connectivity index (χ1n) is 8.91. The molecule has 1 aliphatic carbocycles. The van der Waals surface area contributed by atoms with E-state index in [0.29, 0.717) is 11.3 Å². The second kappa shape index (κ2) is 7.25. The van der Waals surface area contributed by atoms with Gasteiger partial charge in [-0.15, -0.1) is 0 Å². The largest absolute Gasteiger partial charge is 0.303 e. The molecule has 140 valence electrons. The predicted molar refractivity (Wildman–Crippen MR) is 101 cm³/mol. The number of hydrogen-bond donors (Lipinski definition) is 1. The molecule has 0 aliphatic heterocycles. The van der Waals surface area contributed by atoms with E-state index in [0.717, 1.165) is 31.2 Å². The maximum absolute atomic E-state index is 14.3. The van der Waals surface area contributed by atoms with Crippen molar-refractivity contribution in [2.45, 2.75) is 37.1 Å². The van der Waals surface area contributed by atoms with Crippen LogP contribution in [0.3, 0.4) is 0 Å². The van der Waals surface area contributed by atoms with Gasteiger partial charge < -0.3 is 4.57 Å². The Morgan fingerprint density at radius 3 is 2.63 bits per heavy atom. The summed E-state index contributed by atoms with van der Waals surface area (Å²) in [6.45, 7) is 0.0283. The quantitative estimate of drug-likeness (QED) is 0.732. The highest BCUT2D eigenvalue weighted by Crippen LogP contribution is 2.24. The molecule has 0 unspecified atom stereocenters. The zero-order valence-corrected chi connectivity index (χ0v) is 15.5. The molecule has 4 rings (SSSR count). The van der Waals surface area contributed by atoms with E-state index < -0.39 is 15.8 Å². The van der Waals surface area contributed by atoms with E-state index in [-0.39, 0.29) is 11.4 Å². The van der Waals surface area contributed by atoms with E-state index in [4.69, 9.17) is 0 Å². The monoisotopic (exact) mass is 385 g/mol. The third kappa shape index (κ3) is 3.79. The van der Waals surface area contributed by atoms with Crippen molar-refractivity contribution in [2.24, 2.45) is 0 Å². The lowest BCUT2D eigenvalue weighted by atomic mass is 9.92. The Morgan fingerprint density at radius 1 is 1.07 bits per heavy atom. The Kier molecular flexibility index (Phi) is 4.80. The molecule has 0 radical (unpaired) electrons. The number of sulfonamides is 1. The highest BCUT2D eigenvalue weighted by atomic mass is 32.2. The fraction of sp³-hybridized carbons (Fsp3) is 0.250. The SMILES string of the molecule is O=S(=O)(NCc1ccc(-n2ccnc2)c(F)c1)c1ccc2c(c1)CCCC2. The first-order valence-corrected chi connectivity index (χ1v) is 10.4. The molecule has 2 aromatic carbocycles. The number of fused-ring (bicyclic) bond motifs is 1. The van der Waals surface area contributed by atoms with Crippen LogP contribution in [0.4, 0.5) is 4.39 Å². The molecule has 1 N–H and O–H groups in total. The van der Waals surface area contributed by atoms with Gasteiger partial charge in [-0.1, -0.05) is 12.1 Å².